The summed E-state index contributed by atoms with van der Waals surface area (Å²) in [7, 11) is 0. The zero-order valence-electron chi connectivity index (χ0n) is 8.77. The summed E-state index contributed by atoms with van der Waals surface area (Å²) in [6.45, 7) is 1.89. The molecule has 0 unspecified atom stereocenters. The number of hydrogen-bond donors (Lipinski definition) is 0. The van der Waals surface area contributed by atoms with Crippen LogP contribution in [0, 0.1) is 12.7 Å². The van der Waals surface area contributed by atoms with E-state index in [-0.39, 0.29) is 0 Å². The van der Waals surface area contributed by atoms with Crippen molar-refractivity contribution in [2.75, 3.05) is 0 Å². The molecule has 1 aromatic heterocycles. The molecule has 0 radical (unpaired) electrons. The van der Waals surface area contributed by atoms with E-state index < -0.39 is 5.82 Å². The molecule has 0 saturated carbocycles. The van der Waals surface area contributed by atoms with Gasteiger partial charge in [0.25, 0.3) is 0 Å². The van der Waals surface area contributed by atoms with Crippen molar-refractivity contribution < 1.29 is 9.18 Å². The molecule has 0 amide bonds. The lowest BCUT2D eigenvalue weighted by atomic mass is 9.99. The summed E-state index contributed by atoms with van der Waals surface area (Å²) >= 11 is 0. The third-order valence-corrected chi connectivity index (χ3v) is 2.40. The van der Waals surface area contributed by atoms with E-state index in [4.69, 9.17) is 0 Å². The average molecular weight is 215 g/mol. The second-order valence-corrected chi connectivity index (χ2v) is 3.56. The van der Waals surface area contributed by atoms with Crippen LogP contribution >= 0.6 is 0 Å². The molecule has 2 aromatic rings. The Morgan fingerprint density at radius 3 is 2.75 bits per heavy atom. The van der Waals surface area contributed by atoms with Crippen molar-refractivity contribution in [3.8, 4) is 11.1 Å². The second kappa shape index (κ2) is 4.23. The van der Waals surface area contributed by atoms with Crippen LogP contribution in [0.15, 0.2) is 36.7 Å². The molecule has 2 rings (SSSR count). The number of hydrogen-bond acceptors (Lipinski definition) is 2. The number of carbonyl (C=O) groups is 1. The van der Waals surface area contributed by atoms with Gasteiger partial charge in [0.05, 0.1) is 6.20 Å². The Morgan fingerprint density at radius 2 is 2.06 bits per heavy atom. The number of rotatable bonds is 2. The SMILES string of the molecule is Cc1ccc(-c2ccncc2F)c(C=O)c1. The summed E-state index contributed by atoms with van der Waals surface area (Å²) in [5.74, 6) is -0.422. The summed E-state index contributed by atoms with van der Waals surface area (Å²) < 4.78 is 13.5. The fraction of sp³-hybridized carbons (Fsp3) is 0.0769. The number of halogens is 1. The second-order valence-electron chi connectivity index (χ2n) is 3.56. The van der Waals surface area contributed by atoms with E-state index in [0.29, 0.717) is 16.7 Å². The van der Waals surface area contributed by atoms with Crippen molar-refractivity contribution in [3.63, 3.8) is 0 Å². The van der Waals surface area contributed by atoms with Gasteiger partial charge >= 0.3 is 0 Å². The zero-order valence-corrected chi connectivity index (χ0v) is 8.77. The predicted octanol–water partition coefficient (Wildman–Crippen LogP) is 3.01. The van der Waals surface area contributed by atoms with Crippen LogP contribution in [0.25, 0.3) is 11.1 Å². The molecule has 0 spiro atoms. The fourth-order valence-electron chi connectivity index (χ4n) is 1.62. The smallest absolute Gasteiger partial charge is 0.150 e. The van der Waals surface area contributed by atoms with Gasteiger partial charge in [-0.2, -0.15) is 0 Å². The molecular weight excluding hydrogens is 205 g/mol. The number of carbonyl (C=O) groups excluding carboxylic acids is 1. The van der Waals surface area contributed by atoms with Crippen molar-refractivity contribution in [2.45, 2.75) is 6.92 Å². The van der Waals surface area contributed by atoms with Crippen molar-refractivity contribution in [1.82, 2.24) is 4.98 Å². The van der Waals surface area contributed by atoms with Crippen LogP contribution in [0.3, 0.4) is 0 Å². The molecule has 0 bridgehead atoms. The van der Waals surface area contributed by atoms with E-state index in [2.05, 4.69) is 4.98 Å². The molecule has 1 aromatic carbocycles. The normalized spacial score (nSPS) is 10.1. The van der Waals surface area contributed by atoms with Crippen LogP contribution in [0.5, 0.6) is 0 Å². The maximum atomic E-state index is 13.5. The molecule has 80 valence electrons. The minimum Gasteiger partial charge on any atom is -0.298 e. The van der Waals surface area contributed by atoms with Crippen LogP contribution in [0.2, 0.25) is 0 Å². The maximum absolute atomic E-state index is 13.5. The Bertz CT molecular complexity index is 537. The molecule has 0 aliphatic carbocycles. The van der Waals surface area contributed by atoms with Crippen LogP contribution < -0.4 is 0 Å². The molecule has 16 heavy (non-hydrogen) atoms. The van der Waals surface area contributed by atoms with E-state index >= 15 is 0 Å². The number of aldehydes is 1. The zero-order chi connectivity index (χ0) is 11.5. The standard InChI is InChI=1S/C13H10FNO/c1-9-2-3-11(10(6-9)8-16)12-4-5-15-7-13(12)14/h2-8H,1H3. The lowest BCUT2D eigenvalue weighted by Crippen LogP contribution is -1.92. The third-order valence-electron chi connectivity index (χ3n) is 2.40. The Morgan fingerprint density at radius 1 is 1.25 bits per heavy atom. The molecule has 0 atom stereocenters. The van der Waals surface area contributed by atoms with Crippen molar-refractivity contribution in [2.24, 2.45) is 0 Å². The van der Waals surface area contributed by atoms with Gasteiger partial charge in [-0.3, -0.25) is 9.78 Å². The number of benzene rings is 1. The number of aryl methyl sites for hydroxylation is 1. The number of pyridine rings is 1. The van der Waals surface area contributed by atoms with Gasteiger partial charge in [0.15, 0.2) is 6.29 Å². The van der Waals surface area contributed by atoms with Gasteiger partial charge in [0, 0.05) is 17.3 Å². The largest absolute Gasteiger partial charge is 0.298 e. The van der Waals surface area contributed by atoms with Crippen LogP contribution in [0.4, 0.5) is 4.39 Å². The summed E-state index contributed by atoms with van der Waals surface area (Å²) in [6, 6.07) is 6.90. The molecule has 0 aliphatic rings. The summed E-state index contributed by atoms with van der Waals surface area (Å²) in [5, 5.41) is 0. The van der Waals surface area contributed by atoms with Gasteiger partial charge in [0.2, 0.25) is 0 Å². The Labute approximate surface area is 92.8 Å². The molecule has 0 fully saturated rings. The van der Waals surface area contributed by atoms with Gasteiger partial charge in [-0.1, -0.05) is 17.7 Å². The number of aromatic nitrogens is 1. The molecule has 2 nitrogen and oxygen atoms in total. The van der Waals surface area contributed by atoms with Crippen LogP contribution in [-0.4, -0.2) is 11.3 Å². The topological polar surface area (TPSA) is 30.0 Å². The highest BCUT2D eigenvalue weighted by atomic mass is 19.1. The molecule has 0 aliphatic heterocycles. The van der Waals surface area contributed by atoms with E-state index in [9.17, 15) is 9.18 Å². The quantitative estimate of drug-likeness (QED) is 0.721. The first-order valence-electron chi connectivity index (χ1n) is 4.88. The lowest BCUT2D eigenvalue weighted by Gasteiger charge is -2.06. The first-order chi connectivity index (χ1) is 7.72. The third kappa shape index (κ3) is 1.84. The van der Waals surface area contributed by atoms with Gasteiger partial charge in [-0.05, 0) is 24.6 Å². The predicted molar refractivity (Wildman–Crippen MR) is 59.8 cm³/mol. The van der Waals surface area contributed by atoms with E-state index in [1.165, 1.54) is 6.20 Å². The van der Waals surface area contributed by atoms with Crippen molar-refractivity contribution in [1.29, 1.82) is 0 Å². The van der Waals surface area contributed by atoms with E-state index in [1.807, 2.05) is 13.0 Å². The highest BCUT2D eigenvalue weighted by Crippen LogP contribution is 2.25. The average Bonchev–Trinajstić information content (AvgIpc) is 2.30. The highest BCUT2D eigenvalue weighted by molar-refractivity contribution is 5.87. The highest BCUT2D eigenvalue weighted by Gasteiger charge is 2.09. The van der Waals surface area contributed by atoms with Gasteiger partial charge < -0.3 is 0 Å². The Kier molecular flexibility index (Phi) is 2.77. The van der Waals surface area contributed by atoms with Gasteiger partial charge in [-0.25, -0.2) is 4.39 Å². The number of nitrogens with zero attached hydrogens (tertiary/aromatic N) is 1. The Hall–Kier alpha value is -2.03. The lowest BCUT2D eigenvalue weighted by molar-refractivity contribution is 0.112. The Balaban J connectivity index is 2.65. The van der Waals surface area contributed by atoms with Crippen LogP contribution in [-0.2, 0) is 0 Å². The van der Waals surface area contributed by atoms with Crippen LogP contribution in [0.1, 0.15) is 15.9 Å². The molecule has 3 heteroatoms. The monoisotopic (exact) mass is 215 g/mol. The first-order valence-corrected chi connectivity index (χ1v) is 4.88. The van der Waals surface area contributed by atoms with Gasteiger partial charge in [0.1, 0.15) is 5.82 Å². The van der Waals surface area contributed by atoms with E-state index in [1.54, 1.807) is 18.2 Å². The molecule has 0 saturated heterocycles. The summed E-state index contributed by atoms with van der Waals surface area (Å²) in [6.07, 6.45) is 3.39. The van der Waals surface area contributed by atoms with Crippen molar-refractivity contribution >= 4 is 6.29 Å². The molecule has 1 heterocycles. The molecular formula is C13H10FNO. The fourth-order valence-corrected chi connectivity index (χ4v) is 1.62. The summed E-state index contributed by atoms with van der Waals surface area (Å²) in [5.41, 5.74) is 2.46. The first kappa shape index (κ1) is 10.5. The van der Waals surface area contributed by atoms with E-state index in [0.717, 1.165) is 18.0 Å². The minimum atomic E-state index is -0.422. The maximum Gasteiger partial charge on any atom is 0.150 e. The van der Waals surface area contributed by atoms with Gasteiger partial charge in [-0.15, -0.1) is 0 Å². The van der Waals surface area contributed by atoms with Crippen molar-refractivity contribution in [3.05, 3.63) is 53.6 Å². The molecule has 0 N–H and O–H groups in total. The minimum absolute atomic E-state index is 0.400. The summed E-state index contributed by atoms with van der Waals surface area (Å²) in [4.78, 5) is 14.6.